The maximum Gasteiger partial charge on any atom is 0.410 e. The number of hydrogen-bond donors (Lipinski definition) is 2. The molecule has 186 valence electrons. The Morgan fingerprint density at radius 2 is 1.79 bits per heavy atom. The maximum atomic E-state index is 12.3. The highest BCUT2D eigenvalue weighted by atomic mass is 16.6. The van der Waals surface area contributed by atoms with Crippen molar-refractivity contribution in [2.45, 2.75) is 90.0 Å². The molecule has 1 saturated carbocycles. The molecule has 1 aliphatic carbocycles. The molecule has 1 spiro atoms. The molecule has 3 aliphatic rings. The Morgan fingerprint density at radius 3 is 2.41 bits per heavy atom. The van der Waals surface area contributed by atoms with Gasteiger partial charge in [0.25, 0.3) is 0 Å². The Hall–Kier alpha value is -2.97. The third-order valence-electron chi connectivity index (χ3n) is 6.66. The number of carbonyl (C=O) groups is 1. The number of ether oxygens (including phenoxy) is 2. The Bertz CT molecular complexity index is 969. The summed E-state index contributed by atoms with van der Waals surface area (Å²) < 4.78 is 11.8. The molecule has 34 heavy (non-hydrogen) atoms. The summed E-state index contributed by atoms with van der Waals surface area (Å²) in [6, 6.07) is 6.10. The molecular formula is C25H38N6O3. The average molecular weight is 471 g/mol. The molecule has 2 heterocycles. The predicted molar refractivity (Wildman–Crippen MR) is 134 cm³/mol. The van der Waals surface area contributed by atoms with Gasteiger partial charge in [0.2, 0.25) is 11.9 Å². The van der Waals surface area contributed by atoms with E-state index in [1.807, 2.05) is 44.7 Å². The minimum absolute atomic E-state index is 0.0546. The first-order valence-corrected chi connectivity index (χ1v) is 12.3. The van der Waals surface area contributed by atoms with Crippen LogP contribution in [-0.4, -0.2) is 53.4 Å². The normalized spacial score (nSPS) is 21.2. The second kappa shape index (κ2) is 9.35. The van der Waals surface area contributed by atoms with Gasteiger partial charge in [-0.25, -0.2) is 9.79 Å². The van der Waals surface area contributed by atoms with Crippen LogP contribution in [0, 0.1) is 6.92 Å². The lowest BCUT2D eigenvalue weighted by Gasteiger charge is -2.45. The predicted octanol–water partition coefficient (Wildman–Crippen LogP) is 3.88. The lowest BCUT2D eigenvalue weighted by Crippen LogP contribution is -2.58. The number of carbonyl (C=O) groups excluding carboxylic acids is 1. The molecule has 0 atom stereocenters. The van der Waals surface area contributed by atoms with E-state index in [0.29, 0.717) is 19.0 Å². The first-order valence-electron chi connectivity index (χ1n) is 12.3. The van der Waals surface area contributed by atoms with E-state index in [1.165, 1.54) is 6.42 Å². The maximum absolute atomic E-state index is 12.3. The number of benzene rings is 1. The molecule has 9 heteroatoms. The van der Waals surface area contributed by atoms with E-state index < -0.39 is 11.3 Å². The molecule has 2 fully saturated rings. The highest BCUT2D eigenvalue weighted by Crippen LogP contribution is 2.40. The molecule has 1 aromatic carbocycles. The SMILES string of the molecule is Cc1cc(N2C(N)=NC(N)=NC23CCCCC3)ccc1OC1CCN(C(=O)OC(C)(C)C)CC1. The average Bonchev–Trinajstić information content (AvgIpc) is 2.75. The lowest BCUT2D eigenvalue weighted by molar-refractivity contribution is 0.0126. The van der Waals surface area contributed by atoms with E-state index in [0.717, 1.165) is 55.5 Å². The van der Waals surface area contributed by atoms with Gasteiger partial charge < -0.3 is 25.8 Å². The molecule has 4 rings (SSSR count). The van der Waals surface area contributed by atoms with Crippen LogP contribution in [-0.2, 0) is 4.74 Å². The zero-order chi connectivity index (χ0) is 24.5. The molecule has 0 bridgehead atoms. The van der Waals surface area contributed by atoms with Crippen LogP contribution < -0.4 is 21.1 Å². The molecule has 4 N–H and O–H groups in total. The van der Waals surface area contributed by atoms with Gasteiger partial charge in [0.05, 0.1) is 0 Å². The van der Waals surface area contributed by atoms with Gasteiger partial charge in [-0.3, -0.25) is 4.90 Å². The third-order valence-corrected chi connectivity index (χ3v) is 6.66. The van der Waals surface area contributed by atoms with Crippen LogP contribution in [0.5, 0.6) is 5.75 Å². The number of likely N-dealkylation sites (tertiary alicyclic amines) is 1. The van der Waals surface area contributed by atoms with Crippen LogP contribution in [0.4, 0.5) is 10.5 Å². The second-order valence-electron chi connectivity index (χ2n) is 10.6. The number of nitrogens with two attached hydrogens (primary N) is 2. The Balaban J connectivity index is 1.43. The molecule has 9 nitrogen and oxygen atoms in total. The van der Waals surface area contributed by atoms with Gasteiger partial charge in [0, 0.05) is 31.6 Å². The minimum Gasteiger partial charge on any atom is -0.490 e. The zero-order valence-electron chi connectivity index (χ0n) is 20.8. The standard InChI is InChI=1S/C25H38N6O3/c1-17-16-18(31-22(27)28-21(26)29-25(31)12-6-5-7-13-25)8-9-20(17)33-19-10-14-30(15-11-19)23(32)34-24(2,3)4/h8-9,16,19H,5-7,10-15H2,1-4H3,(H4,26,27,28,29). The Labute approximate surface area is 202 Å². The Kier molecular flexibility index (Phi) is 6.64. The number of rotatable bonds is 3. The second-order valence-corrected chi connectivity index (χ2v) is 10.6. The van der Waals surface area contributed by atoms with Gasteiger partial charge >= 0.3 is 6.09 Å². The monoisotopic (exact) mass is 470 g/mol. The van der Waals surface area contributed by atoms with Gasteiger partial charge in [-0.2, -0.15) is 4.99 Å². The summed E-state index contributed by atoms with van der Waals surface area (Å²) in [6.07, 6.45) is 6.50. The largest absolute Gasteiger partial charge is 0.490 e. The van der Waals surface area contributed by atoms with Crippen molar-refractivity contribution < 1.29 is 14.3 Å². The van der Waals surface area contributed by atoms with Gasteiger partial charge in [-0.15, -0.1) is 0 Å². The highest BCUT2D eigenvalue weighted by molar-refractivity contribution is 6.05. The number of anilines is 1. The first-order chi connectivity index (χ1) is 16.1. The van der Waals surface area contributed by atoms with E-state index in [4.69, 9.17) is 25.9 Å². The van der Waals surface area contributed by atoms with E-state index >= 15 is 0 Å². The summed E-state index contributed by atoms with van der Waals surface area (Å²) in [5.41, 5.74) is 13.4. The van der Waals surface area contributed by atoms with Crippen molar-refractivity contribution in [2.75, 3.05) is 18.0 Å². The van der Waals surface area contributed by atoms with Crippen molar-refractivity contribution in [1.29, 1.82) is 0 Å². The molecule has 0 unspecified atom stereocenters. The summed E-state index contributed by atoms with van der Waals surface area (Å²) in [6.45, 7) is 8.94. The molecule has 1 aromatic rings. The molecule has 0 radical (unpaired) electrons. The number of guanidine groups is 2. The van der Waals surface area contributed by atoms with Crippen molar-refractivity contribution >= 4 is 23.7 Å². The van der Waals surface area contributed by atoms with Crippen molar-refractivity contribution in [3.05, 3.63) is 23.8 Å². The van der Waals surface area contributed by atoms with Crippen LogP contribution >= 0.6 is 0 Å². The van der Waals surface area contributed by atoms with Gasteiger partial charge in [0.15, 0.2) is 0 Å². The Morgan fingerprint density at radius 1 is 1.12 bits per heavy atom. The fraction of sp³-hybridized carbons (Fsp3) is 0.640. The summed E-state index contributed by atoms with van der Waals surface area (Å²) in [5.74, 6) is 1.48. The summed E-state index contributed by atoms with van der Waals surface area (Å²) in [7, 11) is 0. The molecule has 0 aromatic heterocycles. The van der Waals surface area contributed by atoms with Crippen molar-refractivity contribution in [3.8, 4) is 5.75 Å². The quantitative estimate of drug-likeness (QED) is 0.692. The first kappa shape index (κ1) is 24.2. The van der Waals surface area contributed by atoms with Crippen LogP contribution in [0.25, 0.3) is 0 Å². The van der Waals surface area contributed by atoms with Crippen molar-refractivity contribution in [2.24, 2.45) is 21.5 Å². The summed E-state index contributed by atoms with van der Waals surface area (Å²) >= 11 is 0. The number of hydrogen-bond acceptors (Lipinski definition) is 8. The number of piperidine rings is 1. The minimum atomic E-state index is -0.487. The van der Waals surface area contributed by atoms with E-state index in [9.17, 15) is 4.79 Å². The third kappa shape index (κ3) is 5.23. The van der Waals surface area contributed by atoms with Crippen LogP contribution in [0.15, 0.2) is 28.2 Å². The smallest absolute Gasteiger partial charge is 0.410 e. The fourth-order valence-electron chi connectivity index (χ4n) is 5.06. The molecule has 2 aliphatic heterocycles. The number of aryl methyl sites for hydroxylation is 1. The summed E-state index contributed by atoms with van der Waals surface area (Å²) in [4.78, 5) is 25.1. The van der Waals surface area contributed by atoms with Gasteiger partial charge in [0.1, 0.15) is 23.1 Å². The van der Waals surface area contributed by atoms with E-state index in [1.54, 1.807) is 4.90 Å². The number of aliphatic imine (C=N–C) groups is 2. The molecule has 1 saturated heterocycles. The van der Waals surface area contributed by atoms with Gasteiger partial charge in [-0.1, -0.05) is 6.42 Å². The van der Waals surface area contributed by atoms with Crippen LogP contribution in [0.2, 0.25) is 0 Å². The fourth-order valence-corrected chi connectivity index (χ4v) is 5.06. The van der Waals surface area contributed by atoms with Crippen molar-refractivity contribution in [3.63, 3.8) is 0 Å². The van der Waals surface area contributed by atoms with Crippen LogP contribution in [0.1, 0.15) is 71.3 Å². The number of amides is 1. The zero-order valence-corrected chi connectivity index (χ0v) is 20.8. The number of nitrogens with zero attached hydrogens (tertiary/aromatic N) is 4. The molecular weight excluding hydrogens is 432 g/mol. The van der Waals surface area contributed by atoms with Crippen LogP contribution in [0.3, 0.4) is 0 Å². The molecule has 1 amide bonds. The summed E-state index contributed by atoms with van der Waals surface area (Å²) in [5, 5.41) is 0. The lowest BCUT2D eigenvalue weighted by atomic mass is 9.87. The van der Waals surface area contributed by atoms with Crippen molar-refractivity contribution in [1.82, 2.24) is 4.90 Å². The van der Waals surface area contributed by atoms with E-state index in [-0.39, 0.29) is 18.2 Å². The topological polar surface area (TPSA) is 119 Å². The highest BCUT2D eigenvalue weighted by Gasteiger charge is 2.42. The van der Waals surface area contributed by atoms with E-state index in [2.05, 4.69) is 11.1 Å². The van der Waals surface area contributed by atoms with Gasteiger partial charge in [-0.05, 0) is 77.1 Å².